The Hall–Kier alpha value is -5.73. The van der Waals surface area contributed by atoms with Gasteiger partial charge in [-0.3, -0.25) is 0 Å². The Morgan fingerprint density at radius 2 is 0.682 bits per heavy atom. The number of esters is 2. The molecule has 3 aliphatic rings. The molecule has 0 saturated heterocycles. The number of allylic oxidation sites excluding steroid dienone is 5. The molecule has 19 heteroatoms. The van der Waals surface area contributed by atoms with Crippen molar-refractivity contribution in [3.63, 3.8) is 0 Å². The highest BCUT2D eigenvalue weighted by Gasteiger charge is 2.48. The van der Waals surface area contributed by atoms with Crippen LogP contribution in [0.3, 0.4) is 0 Å². The van der Waals surface area contributed by atoms with E-state index in [-0.39, 0.29) is 32.8 Å². The lowest BCUT2D eigenvalue weighted by molar-refractivity contribution is -0.148. The number of aliphatic carboxylic acids is 5. The topological polar surface area (TPSA) is 340 Å². The zero-order valence-electron chi connectivity index (χ0n) is 51.8. The molecule has 3 fully saturated rings. The van der Waals surface area contributed by atoms with Gasteiger partial charge >= 0.3 is 41.8 Å². The van der Waals surface area contributed by atoms with Crippen LogP contribution in [0.2, 0.25) is 0 Å². The molecule has 3 rings (SSSR count). The van der Waals surface area contributed by atoms with Crippen LogP contribution in [-0.4, -0.2) is 139 Å². The molecule has 0 spiro atoms. The summed E-state index contributed by atoms with van der Waals surface area (Å²) in [6.45, 7) is 11.4. The lowest BCUT2D eigenvalue weighted by Gasteiger charge is -2.46. The van der Waals surface area contributed by atoms with Gasteiger partial charge in [-0.15, -0.1) is 0 Å². The Balaban J connectivity index is 0. The smallest absolute Gasteiger partial charge is 0.333 e. The molecule has 3 aliphatic carbocycles. The van der Waals surface area contributed by atoms with Crippen molar-refractivity contribution in [2.24, 2.45) is 27.1 Å². The third kappa shape index (κ3) is 36.8. The van der Waals surface area contributed by atoms with Crippen molar-refractivity contribution in [2.45, 2.75) is 214 Å². The number of carboxylic acid groups (broad SMARTS) is 5. The van der Waals surface area contributed by atoms with E-state index in [1.165, 1.54) is 141 Å². The molecule has 0 aliphatic heterocycles. The quantitative estimate of drug-likeness (QED) is 0.0336. The molecule has 0 amide bonds. The number of ether oxygens (including phenoxy) is 2. The second kappa shape index (κ2) is 47.4. The van der Waals surface area contributed by atoms with E-state index in [1.54, 1.807) is 13.8 Å². The fourth-order valence-corrected chi connectivity index (χ4v) is 10.2. The Labute approximate surface area is 506 Å². The van der Waals surface area contributed by atoms with Gasteiger partial charge in [-0.25, -0.2) is 33.6 Å². The highest BCUT2D eigenvalue weighted by molar-refractivity contribution is 5.87. The summed E-state index contributed by atoms with van der Waals surface area (Å²) < 4.78 is 10.0. The van der Waals surface area contributed by atoms with Gasteiger partial charge in [-0.05, 0) is 33.1 Å². The van der Waals surface area contributed by atoms with Gasteiger partial charge in [0.15, 0.2) is 0 Å². The molecular formula is C66H108O19. The van der Waals surface area contributed by atoms with Crippen LogP contribution in [0.1, 0.15) is 214 Å². The Kier molecular flexibility index (Phi) is 45.4. The van der Waals surface area contributed by atoms with Crippen molar-refractivity contribution in [1.82, 2.24) is 0 Å². The number of aliphatic hydroxyl groups is 5. The first-order chi connectivity index (χ1) is 40.2. The summed E-state index contributed by atoms with van der Waals surface area (Å²) in [5.74, 6) is -7.37. The van der Waals surface area contributed by atoms with Crippen molar-refractivity contribution in [3.05, 3.63) is 85.1 Å². The normalized spacial score (nSPS) is 19.3. The molecule has 0 unspecified atom stereocenters. The third-order valence-electron chi connectivity index (χ3n) is 15.6. The summed E-state index contributed by atoms with van der Waals surface area (Å²) >= 11 is 0. The minimum Gasteiger partial charge on any atom is -0.478 e. The van der Waals surface area contributed by atoms with E-state index < -0.39 is 88.7 Å². The largest absolute Gasteiger partial charge is 0.478 e. The van der Waals surface area contributed by atoms with E-state index in [2.05, 4.69) is 13.2 Å². The first kappa shape index (κ1) is 81.3. The van der Waals surface area contributed by atoms with E-state index in [9.17, 15) is 59.1 Å². The second-order valence-corrected chi connectivity index (χ2v) is 23.6. The minimum absolute atomic E-state index is 0.169. The van der Waals surface area contributed by atoms with Gasteiger partial charge in [-0.2, -0.15) is 0 Å². The molecular weight excluding hydrogens is 1100 g/mol. The van der Waals surface area contributed by atoms with Gasteiger partial charge < -0.3 is 60.5 Å². The summed E-state index contributed by atoms with van der Waals surface area (Å²) in [4.78, 5) is 77.0. The molecule has 19 nitrogen and oxygen atoms in total. The van der Waals surface area contributed by atoms with Crippen molar-refractivity contribution in [2.75, 3.05) is 46.2 Å². The fraction of sp³-hybridized carbons (Fsp3) is 0.682. The lowest BCUT2D eigenvalue weighted by atomic mass is 9.58. The highest BCUT2D eigenvalue weighted by atomic mass is 16.5. The van der Waals surface area contributed by atoms with E-state index in [4.69, 9.17) is 35.0 Å². The van der Waals surface area contributed by atoms with Gasteiger partial charge in [0.25, 0.3) is 0 Å². The van der Waals surface area contributed by atoms with Crippen LogP contribution in [0.25, 0.3) is 0 Å². The van der Waals surface area contributed by atoms with E-state index in [1.807, 2.05) is 13.8 Å². The number of carbonyl (C=O) groups excluding carboxylic acids is 2. The molecule has 0 radical (unpaired) electrons. The van der Waals surface area contributed by atoms with Crippen LogP contribution in [0.5, 0.6) is 0 Å². The molecule has 85 heavy (non-hydrogen) atoms. The second-order valence-electron chi connectivity index (χ2n) is 23.6. The molecule has 0 bridgehead atoms. The van der Waals surface area contributed by atoms with Crippen LogP contribution in [0.4, 0.5) is 0 Å². The van der Waals surface area contributed by atoms with Gasteiger partial charge in [-0.1, -0.05) is 224 Å². The lowest BCUT2D eigenvalue weighted by Crippen LogP contribution is -2.46. The van der Waals surface area contributed by atoms with Crippen molar-refractivity contribution < 1.29 is 94.1 Å². The average molecular weight is 1210 g/mol. The Bertz CT molecular complexity index is 1900. The predicted molar refractivity (Wildman–Crippen MR) is 328 cm³/mol. The zero-order valence-corrected chi connectivity index (χ0v) is 51.8. The molecule has 486 valence electrons. The van der Waals surface area contributed by atoms with Crippen LogP contribution >= 0.6 is 0 Å². The molecule has 0 heterocycles. The molecule has 3 saturated carbocycles. The molecule has 0 aromatic heterocycles. The van der Waals surface area contributed by atoms with Gasteiger partial charge in [0.05, 0.1) is 39.6 Å². The van der Waals surface area contributed by atoms with Crippen LogP contribution < -0.4 is 0 Å². The van der Waals surface area contributed by atoms with Crippen molar-refractivity contribution in [1.29, 1.82) is 0 Å². The van der Waals surface area contributed by atoms with E-state index in [0.717, 1.165) is 68.9 Å². The Morgan fingerprint density at radius 1 is 0.424 bits per heavy atom. The first-order valence-corrected chi connectivity index (χ1v) is 30.6. The van der Waals surface area contributed by atoms with Crippen LogP contribution in [0.15, 0.2) is 85.1 Å². The van der Waals surface area contributed by atoms with E-state index in [0.29, 0.717) is 42.2 Å². The maximum Gasteiger partial charge on any atom is 0.333 e. The number of aliphatic hydroxyl groups excluding tert-OH is 5. The maximum absolute atomic E-state index is 11.2. The van der Waals surface area contributed by atoms with Gasteiger partial charge in [0.2, 0.25) is 0 Å². The summed E-state index contributed by atoms with van der Waals surface area (Å²) in [6, 6.07) is 0. The summed E-state index contributed by atoms with van der Waals surface area (Å²) in [7, 11) is 0. The third-order valence-corrected chi connectivity index (χ3v) is 15.6. The van der Waals surface area contributed by atoms with Crippen molar-refractivity contribution in [3.8, 4) is 0 Å². The number of carboxylic acids is 5. The number of hydrogen-bond donors (Lipinski definition) is 10. The van der Waals surface area contributed by atoms with Crippen molar-refractivity contribution >= 4 is 41.8 Å². The van der Waals surface area contributed by atoms with E-state index >= 15 is 0 Å². The monoisotopic (exact) mass is 1200 g/mol. The predicted octanol–water partition coefficient (Wildman–Crippen LogP) is 11.7. The van der Waals surface area contributed by atoms with Crippen LogP contribution in [0, 0.1) is 27.1 Å². The molecule has 0 aromatic carbocycles. The first-order valence-electron chi connectivity index (χ1n) is 30.6. The SMILES string of the molecule is C1CCCCCCCCC1.C1CCCCCCCCC1.C=C(C)C(=O)OCC(C)(C)COC(=O)C(=C)C.O=C(O)C=CC(C=CC(=O)O)(C=CC(=O)O)C(CO)(CO)CCO.O=C(O)C=CC1(C=CC(=O)O)CCCCCCCCC1(CO)CO. The summed E-state index contributed by atoms with van der Waals surface area (Å²) in [5, 5.41) is 93.3. The summed E-state index contributed by atoms with van der Waals surface area (Å²) in [5.41, 5.74) is -5.15. The highest BCUT2D eigenvalue weighted by Crippen LogP contribution is 2.50. The van der Waals surface area contributed by atoms with Gasteiger partial charge in [0, 0.05) is 75.2 Å². The average Bonchev–Trinajstić information content (AvgIpc) is 1.61. The fourth-order valence-electron chi connectivity index (χ4n) is 10.2. The minimum atomic E-state index is -1.78. The van der Waals surface area contributed by atoms with Crippen LogP contribution in [-0.2, 0) is 43.0 Å². The zero-order chi connectivity index (χ0) is 64.6. The van der Waals surface area contributed by atoms with Gasteiger partial charge in [0.1, 0.15) is 0 Å². The summed E-state index contributed by atoms with van der Waals surface area (Å²) in [6.07, 6.45) is 46.0. The molecule has 10 N–H and O–H groups in total. The number of hydrogen-bond acceptors (Lipinski definition) is 14. The Morgan fingerprint density at radius 3 is 0.906 bits per heavy atom. The number of rotatable bonds is 23. The maximum atomic E-state index is 11.2. The number of carbonyl (C=O) groups is 7. The standard InChI is InChI=1S/C18H28O6.C15H20O9.C13H20O4.2C10H20/c19-13-18(14-20)10-6-4-2-1-3-5-9-17(18,11-7-15(21)22)12-8-16(23)24;16-8-7-15(9-17,10-18)14(4-1-11(19)20,5-2-12(21)22)6-3-13(23)24;1-9(2)11(14)16-7-13(5,6)8-17-12(15)10(3)4;2*1-2-4-6-8-10-9-7-5-3-1/h7-8,11-12,19-20H,1-6,9-10,13-14H2,(H,21,22)(H,23,24);1-6,16-18H,7-10H2,(H,19,20)(H,21,22)(H,23,24);1,3,7-8H2,2,4-6H3;2*1-10H2. The molecule has 0 atom stereocenters. The molecule has 0 aromatic rings.